The van der Waals surface area contributed by atoms with Gasteiger partial charge in [0, 0.05) is 12.8 Å². The number of aliphatic hydroxyl groups is 1. The molecular weight excluding hydrogens is 356 g/mol. The van der Waals surface area contributed by atoms with Gasteiger partial charge in [0.25, 0.3) is 0 Å². The minimum Gasteiger partial charge on any atom is -0.457 e. The molecule has 0 amide bonds. The first-order chi connectivity index (χ1) is 12.5. The molecule has 27 heavy (non-hydrogen) atoms. The van der Waals surface area contributed by atoms with Crippen LogP contribution in [0.2, 0.25) is 0 Å². The second kappa shape index (κ2) is 7.57. The number of hydrogen-bond donors (Lipinski definition) is 1. The molecule has 0 saturated carbocycles. The van der Waals surface area contributed by atoms with Gasteiger partial charge in [0.05, 0.1) is 24.4 Å². The van der Waals surface area contributed by atoms with Gasteiger partial charge >= 0.3 is 5.97 Å². The van der Waals surface area contributed by atoms with Crippen LogP contribution in [0.3, 0.4) is 0 Å². The van der Waals surface area contributed by atoms with E-state index < -0.39 is 54.7 Å². The zero-order valence-corrected chi connectivity index (χ0v) is 17.1. The molecule has 0 spiro atoms. The van der Waals surface area contributed by atoms with E-state index in [0.29, 0.717) is 0 Å². The van der Waals surface area contributed by atoms with Gasteiger partial charge in [0.15, 0.2) is 18.2 Å². The zero-order valence-electron chi connectivity index (χ0n) is 17.1. The second-order valence-corrected chi connectivity index (χ2v) is 8.35. The smallest absolute Gasteiger partial charge is 0.303 e. The first kappa shape index (κ1) is 21.0. The number of esters is 1. The molecule has 8 nitrogen and oxygen atoms in total. The Morgan fingerprint density at radius 3 is 2.19 bits per heavy atom. The normalized spacial score (nSPS) is 49.5. The van der Waals surface area contributed by atoms with Crippen LogP contribution in [-0.2, 0) is 33.2 Å². The lowest BCUT2D eigenvalue weighted by Crippen LogP contribution is -2.61. The standard InChI is InChI=1S/C19H32O8/c1-8-9(2)23-18(17-14(8)26-19(6,7)27-17)25-16-13(21)10(3)22-11(4)15(16)24-12(5)20/h8-11,13-18,21H,1-7H3/t8-,9?,10-,11?,13-,14?,15-,16?,17-,18-/m0/s1. The number of fused-ring (bicyclic) bond motifs is 1. The fourth-order valence-corrected chi connectivity index (χ4v) is 4.12. The Balaban J connectivity index is 1.82. The van der Waals surface area contributed by atoms with Gasteiger partial charge < -0.3 is 33.5 Å². The van der Waals surface area contributed by atoms with E-state index >= 15 is 0 Å². The van der Waals surface area contributed by atoms with Crippen LogP contribution in [0.1, 0.15) is 48.5 Å². The topological polar surface area (TPSA) is 92.7 Å². The number of carbonyl (C=O) groups is 1. The monoisotopic (exact) mass is 388 g/mol. The van der Waals surface area contributed by atoms with Crippen LogP contribution in [0.25, 0.3) is 0 Å². The van der Waals surface area contributed by atoms with Crippen molar-refractivity contribution in [2.75, 3.05) is 0 Å². The first-order valence-corrected chi connectivity index (χ1v) is 9.67. The van der Waals surface area contributed by atoms with Crippen molar-refractivity contribution in [3.05, 3.63) is 0 Å². The van der Waals surface area contributed by atoms with Gasteiger partial charge in [-0.15, -0.1) is 0 Å². The molecule has 0 bridgehead atoms. The molecule has 3 heterocycles. The van der Waals surface area contributed by atoms with E-state index in [1.54, 1.807) is 13.8 Å². The van der Waals surface area contributed by atoms with Gasteiger partial charge in [-0.1, -0.05) is 6.92 Å². The highest BCUT2D eigenvalue weighted by molar-refractivity contribution is 5.66. The number of ether oxygens (including phenoxy) is 6. The minimum absolute atomic E-state index is 0.118. The van der Waals surface area contributed by atoms with Crippen molar-refractivity contribution in [1.82, 2.24) is 0 Å². The lowest BCUT2D eigenvalue weighted by atomic mass is 9.91. The zero-order chi connectivity index (χ0) is 20.1. The number of rotatable bonds is 3. The van der Waals surface area contributed by atoms with E-state index in [1.165, 1.54) is 6.92 Å². The molecule has 8 heteroatoms. The molecule has 0 radical (unpaired) electrons. The van der Waals surface area contributed by atoms with E-state index in [-0.39, 0.29) is 18.1 Å². The van der Waals surface area contributed by atoms with Crippen LogP contribution < -0.4 is 0 Å². The molecule has 0 aromatic carbocycles. The Labute approximate surface area is 160 Å². The van der Waals surface area contributed by atoms with Gasteiger partial charge in [-0.3, -0.25) is 4.79 Å². The Morgan fingerprint density at radius 2 is 1.56 bits per heavy atom. The Kier molecular flexibility index (Phi) is 5.88. The maximum Gasteiger partial charge on any atom is 0.303 e. The lowest BCUT2D eigenvalue weighted by Gasteiger charge is -2.46. The van der Waals surface area contributed by atoms with Gasteiger partial charge in [-0.25, -0.2) is 0 Å². The Morgan fingerprint density at radius 1 is 0.926 bits per heavy atom. The van der Waals surface area contributed by atoms with Crippen molar-refractivity contribution in [2.24, 2.45) is 5.92 Å². The molecule has 0 aliphatic carbocycles. The average Bonchev–Trinajstić information content (AvgIpc) is 2.89. The molecule has 0 aromatic rings. The summed E-state index contributed by atoms with van der Waals surface area (Å²) in [5.41, 5.74) is 0. The highest BCUT2D eigenvalue weighted by Crippen LogP contribution is 2.41. The van der Waals surface area contributed by atoms with Crippen molar-refractivity contribution >= 4 is 5.97 Å². The molecule has 3 fully saturated rings. The molecule has 1 N–H and O–H groups in total. The largest absolute Gasteiger partial charge is 0.457 e. The molecule has 3 saturated heterocycles. The second-order valence-electron chi connectivity index (χ2n) is 8.35. The highest BCUT2D eigenvalue weighted by Gasteiger charge is 2.55. The SMILES string of the molecule is CC(=O)O[C@H]1C(C)O[C@@H](C)[C@H](O)C1O[C@@H]1OC(C)[C@H](C)C2OC(C)(C)O[C@@H]21. The molecule has 10 atom stereocenters. The number of carbonyl (C=O) groups excluding carboxylic acids is 1. The molecule has 3 aliphatic rings. The van der Waals surface area contributed by atoms with Crippen molar-refractivity contribution < 1.29 is 38.3 Å². The summed E-state index contributed by atoms with van der Waals surface area (Å²) in [6, 6.07) is 0. The van der Waals surface area contributed by atoms with Crippen LogP contribution in [0.15, 0.2) is 0 Å². The Hall–Kier alpha value is -0.770. The van der Waals surface area contributed by atoms with Gasteiger partial charge in [0.2, 0.25) is 0 Å². The maximum atomic E-state index is 11.6. The van der Waals surface area contributed by atoms with Crippen molar-refractivity contribution in [3.8, 4) is 0 Å². The van der Waals surface area contributed by atoms with E-state index in [2.05, 4.69) is 6.92 Å². The minimum atomic E-state index is -0.974. The predicted octanol–water partition coefficient (Wildman–Crippen LogP) is 1.37. The fraction of sp³-hybridized carbons (Fsp3) is 0.947. The predicted molar refractivity (Wildman–Crippen MR) is 93.8 cm³/mol. The summed E-state index contributed by atoms with van der Waals surface area (Å²) in [6.45, 7) is 12.6. The van der Waals surface area contributed by atoms with E-state index in [9.17, 15) is 9.90 Å². The average molecular weight is 388 g/mol. The molecule has 3 rings (SSSR count). The summed E-state index contributed by atoms with van der Waals surface area (Å²) < 4.78 is 35.4. The molecule has 156 valence electrons. The third-order valence-corrected chi connectivity index (χ3v) is 5.67. The van der Waals surface area contributed by atoms with E-state index in [0.717, 1.165) is 0 Å². The van der Waals surface area contributed by atoms with Crippen molar-refractivity contribution in [1.29, 1.82) is 0 Å². The van der Waals surface area contributed by atoms with Crippen molar-refractivity contribution in [2.45, 2.75) is 109 Å². The quantitative estimate of drug-likeness (QED) is 0.725. The maximum absolute atomic E-state index is 11.6. The highest BCUT2D eigenvalue weighted by atomic mass is 16.8. The van der Waals surface area contributed by atoms with Crippen LogP contribution in [0.5, 0.6) is 0 Å². The summed E-state index contributed by atoms with van der Waals surface area (Å²) in [5.74, 6) is -1.09. The van der Waals surface area contributed by atoms with Crippen LogP contribution in [-0.4, -0.2) is 72.0 Å². The third-order valence-electron chi connectivity index (χ3n) is 5.67. The summed E-state index contributed by atoms with van der Waals surface area (Å²) in [7, 11) is 0. The molecule has 0 aromatic heterocycles. The summed E-state index contributed by atoms with van der Waals surface area (Å²) in [6.07, 6.45) is -4.91. The van der Waals surface area contributed by atoms with Crippen LogP contribution in [0.4, 0.5) is 0 Å². The molecule has 4 unspecified atom stereocenters. The van der Waals surface area contributed by atoms with Gasteiger partial charge in [0.1, 0.15) is 18.3 Å². The number of hydrogen-bond acceptors (Lipinski definition) is 8. The van der Waals surface area contributed by atoms with Crippen molar-refractivity contribution in [3.63, 3.8) is 0 Å². The van der Waals surface area contributed by atoms with Gasteiger partial charge in [-0.2, -0.15) is 0 Å². The summed E-state index contributed by atoms with van der Waals surface area (Å²) >= 11 is 0. The first-order valence-electron chi connectivity index (χ1n) is 9.67. The number of aliphatic hydroxyl groups excluding tert-OH is 1. The fourth-order valence-electron chi connectivity index (χ4n) is 4.12. The summed E-state index contributed by atoms with van der Waals surface area (Å²) in [5, 5.41) is 10.7. The van der Waals surface area contributed by atoms with Crippen LogP contribution >= 0.6 is 0 Å². The molecule has 3 aliphatic heterocycles. The summed E-state index contributed by atoms with van der Waals surface area (Å²) in [4.78, 5) is 11.6. The third kappa shape index (κ3) is 4.16. The van der Waals surface area contributed by atoms with Gasteiger partial charge in [-0.05, 0) is 34.6 Å². The lowest BCUT2D eigenvalue weighted by molar-refractivity contribution is -0.318. The van der Waals surface area contributed by atoms with E-state index in [4.69, 9.17) is 28.4 Å². The van der Waals surface area contributed by atoms with E-state index in [1.807, 2.05) is 20.8 Å². The van der Waals surface area contributed by atoms with Crippen LogP contribution in [0, 0.1) is 5.92 Å². The molecular formula is C19H32O8. The Bertz CT molecular complexity index is 552.